The molecule has 1 aromatic carbocycles. The second kappa shape index (κ2) is 8.37. The zero-order valence-corrected chi connectivity index (χ0v) is 19.5. The fourth-order valence-corrected chi connectivity index (χ4v) is 5.52. The molecule has 8 heteroatoms. The SMILES string of the molecule is C[C@]1(C(=O)NC2CCCC2)Cn2nc(-c3cccs3)cc2C(=O)N1Cc1ccccc1Cl. The lowest BCUT2D eigenvalue weighted by molar-refractivity contribution is -0.134. The van der Waals surface area contributed by atoms with E-state index in [1.807, 2.05) is 48.7 Å². The number of benzene rings is 1. The predicted octanol–water partition coefficient (Wildman–Crippen LogP) is 4.74. The van der Waals surface area contributed by atoms with Gasteiger partial charge in [0.25, 0.3) is 5.91 Å². The summed E-state index contributed by atoms with van der Waals surface area (Å²) >= 11 is 7.99. The van der Waals surface area contributed by atoms with Gasteiger partial charge in [0.1, 0.15) is 16.9 Å². The summed E-state index contributed by atoms with van der Waals surface area (Å²) in [6, 6.07) is 13.4. The molecule has 0 saturated heterocycles. The van der Waals surface area contributed by atoms with Gasteiger partial charge in [-0.3, -0.25) is 14.3 Å². The summed E-state index contributed by atoms with van der Waals surface area (Å²) < 4.78 is 1.69. The molecule has 1 atom stereocenters. The van der Waals surface area contributed by atoms with E-state index in [1.165, 1.54) is 0 Å². The van der Waals surface area contributed by atoms with E-state index in [2.05, 4.69) is 10.4 Å². The molecule has 1 saturated carbocycles. The maximum absolute atomic E-state index is 13.7. The molecule has 6 nitrogen and oxygen atoms in total. The summed E-state index contributed by atoms with van der Waals surface area (Å²) in [7, 11) is 0. The monoisotopic (exact) mass is 468 g/mol. The van der Waals surface area contributed by atoms with Gasteiger partial charge in [0, 0.05) is 17.6 Å². The van der Waals surface area contributed by atoms with Crippen molar-refractivity contribution >= 4 is 34.8 Å². The highest BCUT2D eigenvalue weighted by atomic mass is 35.5. The van der Waals surface area contributed by atoms with E-state index in [4.69, 9.17) is 11.6 Å². The van der Waals surface area contributed by atoms with Crippen LogP contribution in [-0.2, 0) is 17.9 Å². The Morgan fingerprint density at radius 3 is 2.75 bits per heavy atom. The molecule has 3 aromatic rings. The number of carbonyl (C=O) groups is 2. The van der Waals surface area contributed by atoms with Gasteiger partial charge >= 0.3 is 0 Å². The number of nitrogens with one attached hydrogen (secondary N) is 1. The molecule has 1 fully saturated rings. The molecule has 1 N–H and O–H groups in total. The van der Waals surface area contributed by atoms with Crippen molar-refractivity contribution in [1.29, 1.82) is 0 Å². The summed E-state index contributed by atoms with van der Waals surface area (Å²) in [6.45, 7) is 2.39. The predicted molar refractivity (Wildman–Crippen MR) is 126 cm³/mol. The zero-order valence-electron chi connectivity index (χ0n) is 17.9. The van der Waals surface area contributed by atoms with Crippen molar-refractivity contribution in [1.82, 2.24) is 20.0 Å². The molecule has 1 aliphatic heterocycles. The fourth-order valence-electron chi connectivity index (χ4n) is 4.64. The number of carbonyl (C=O) groups excluding carboxylic acids is 2. The van der Waals surface area contributed by atoms with Crippen LogP contribution in [0, 0.1) is 0 Å². The number of halogens is 1. The topological polar surface area (TPSA) is 67.2 Å². The molecular formula is C24H25ClN4O2S. The molecule has 3 heterocycles. The molecule has 2 amide bonds. The Morgan fingerprint density at radius 2 is 2.03 bits per heavy atom. The van der Waals surface area contributed by atoms with Crippen molar-refractivity contribution < 1.29 is 9.59 Å². The first-order valence-corrected chi connectivity index (χ1v) is 12.2. The van der Waals surface area contributed by atoms with E-state index in [1.54, 1.807) is 27.0 Å². The van der Waals surface area contributed by atoms with Crippen molar-refractivity contribution in [2.45, 2.75) is 57.3 Å². The summed E-state index contributed by atoms with van der Waals surface area (Å²) in [5, 5.41) is 10.5. The third kappa shape index (κ3) is 3.73. The summed E-state index contributed by atoms with van der Waals surface area (Å²) in [5.74, 6) is -0.348. The Kier molecular flexibility index (Phi) is 5.55. The van der Waals surface area contributed by atoms with Crippen LogP contribution in [0.1, 0.15) is 48.7 Å². The summed E-state index contributed by atoms with van der Waals surface area (Å²) in [4.78, 5) is 29.9. The van der Waals surface area contributed by atoms with Crippen molar-refractivity contribution in [3.63, 3.8) is 0 Å². The van der Waals surface area contributed by atoms with Gasteiger partial charge in [0.15, 0.2) is 0 Å². The van der Waals surface area contributed by atoms with Crippen LogP contribution in [0.15, 0.2) is 47.8 Å². The molecule has 0 bridgehead atoms. The van der Waals surface area contributed by atoms with Crippen LogP contribution in [0.25, 0.3) is 10.6 Å². The number of aromatic nitrogens is 2. The third-order valence-electron chi connectivity index (χ3n) is 6.54. The minimum atomic E-state index is -1.08. The van der Waals surface area contributed by atoms with Crippen LogP contribution >= 0.6 is 22.9 Å². The summed E-state index contributed by atoms with van der Waals surface area (Å²) in [5.41, 5.74) is 0.979. The van der Waals surface area contributed by atoms with Gasteiger partial charge in [0.2, 0.25) is 5.91 Å². The summed E-state index contributed by atoms with van der Waals surface area (Å²) in [6.07, 6.45) is 4.21. The van der Waals surface area contributed by atoms with Gasteiger partial charge < -0.3 is 10.2 Å². The van der Waals surface area contributed by atoms with Crippen LogP contribution in [0.2, 0.25) is 5.02 Å². The average molecular weight is 469 g/mol. The first-order chi connectivity index (χ1) is 15.5. The van der Waals surface area contributed by atoms with Crippen molar-refractivity contribution in [3.8, 4) is 10.6 Å². The van der Waals surface area contributed by atoms with Crippen molar-refractivity contribution in [3.05, 3.63) is 64.1 Å². The fraction of sp³-hybridized carbons (Fsp3) is 0.375. The molecule has 5 rings (SSSR count). The number of hydrogen-bond donors (Lipinski definition) is 1. The van der Waals surface area contributed by atoms with E-state index < -0.39 is 5.54 Å². The minimum absolute atomic E-state index is 0.136. The Labute approximate surface area is 196 Å². The second-order valence-corrected chi connectivity index (χ2v) is 10.1. The highest BCUT2D eigenvalue weighted by Gasteiger charge is 2.48. The molecule has 166 valence electrons. The van der Waals surface area contributed by atoms with Gasteiger partial charge in [-0.15, -0.1) is 11.3 Å². The highest BCUT2D eigenvalue weighted by molar-refractivity contribution is 7.13. The van der Waals surface area contributed by atoms with Crippen LogP contribution in [0.4, 0.5) is 0 Å². The first-order valence-electron chi connectivity index (χ1n) is 10.9. The quantitative estimate of drug-likeness (QED) is 0.588. The molecule has 0 unspecified atom stereocenters. The average Bonchev–Trinajstić information content (AvgIpc) is 3.53. The standard InChI is InChI=1S/C24H25ClN4O2S/c1-24(23(31)26-17-8-3-4-9-17)15-29-20(13-19(27-29)21-11-6-12-32-21)22(30)28(24)14-16-7-2-5-10-18(16)25/h2,5-7,10-13,17H,3-4,8-9,14-15H2,1H3,(H,26,31)/t24-/m1/s1. The van der Waals surface area contributed by atoms with Gasteiger partial charge in [0.05, 0.1) is 11.4 Å². The largest absolute Gasteiger partial charge is 0.351 e. The number of hydrogen-bond acceptors (Lipinski definition) is 4. The van der Waals surface area contributed by atoms with Gasteiger partial charge in [-0.25, -0.2) is 0 Å². The number of thiophene rings is 1. The Morgan fingerprint density at radius 1 is 1.25 bits per heavy atom. The van der Waals surface area contributed by atoms with Gasteiger partial charge in [-0.05, 0) is 48.9 Å². The van der Waals surface area contributed by atoms with E-state index >= 15 is 0 Å². The number of rotatable bonds is 5. The normalized spacial score (nSPS) is 21.1. The van der Waals surface area contributed by atoms with E-state index in [0.29, 0.717) is 17.3 Å². The lowest BCUT2D eigenvalue weighted by atomic mass is 9.93. The van der Waals surface area contributed by atoms with E-state index in [-0.39, 0.29) is 24.4 Å². The number of fused-ring (bicyclic) bond motifs is 1. The van der Waals surface area contributed by atoms with Crippen LogP contribution in [0.3, 0.4) is 0 Å². The van der Waals surface area contributed by atoms with Crippen LogP contribution < -0.4 is 5.32 Å². The second-order valence-electron chi connectivity index (χ2n) is 8.76. The van der Waals surface area contributed by atoms with E-state index in [9.17, 15) is 9.59 Å². The smallest absolute Gasteiger partial charge is 0.273 e. The molecule has 0 spiro atoms. The maximum atomic E-state index is 13.7. The van der Waals surface area contributed by atoms with Crippen molar-refractivity contribution in [2.75, 3.05) is 0 Å². The molecule has 1 aliphatic carbocycles. The Balaban J connectivity index is 1.53. The lowest BCUT2D eigenvalue weighted by Crippen LogP contribution is -2.64. The van der Waals surface area contributed by atoms with Crippen LogP contribution in [-0.4, -0.2) is 38.1 Å². The molecule has 2 aromatic heterocycles. The molecular weight excluding hydrogens is 444 g/mol. The lowest BCUT2D eigenvalue weighted by Gasteiger charge is -2.43. The molecule has 0 radical (unpaired) electrons. The Hall–Kier alpha value is -2.64. The van der Waals surface area contributed by atoms with Gasteiger partial charge in [-0.2, -0.15) is 5.10 Å². The number of amides is 2. The van der Waals surface area contributed by atoms with Crippen LogP contribution in [0.5, 0.6) is 0 Å². The van der Waals surface area contributed by atoms with E-state index in [0.717, 1.165) is 41.8 Å². The zero-order chi connectivity index (χ0) is 22.3. The Bertz CT molecular complexity index is 1150. The van der Waals surface area contributed by atoms with Crippen molar-refractivity contribution in [2.24, 2.45) is 0 Å². The minimum Gasteiger partial charge on any atom is -0.351 e. The third-order valence-corrected chi connectivity index (χ3v) is 7.80. The first kappa shape index (κ1) is 21.2. The maximum Gasteiger partial charge on any atom is 0.273 e. The highest BCUT2D eigenvalue weighted by Crippen LogP contribution is 2.34. The van der Waals surface area contributed by atoms with Gasteiger partial charge in [-0.1, -0.05) is 48.7 Å². The number of nitrogens with zero attached hydrogens (tertiary/aromatic N) is 3. The molecule has 32 heavy (non-hydrogen) atoms. The molecule has 2 aliphatic rings.